The minimum atomic E-state index is 0. The van der Waals surface area contributed by atoms with Gasteiger partial charge in [-0.3, -0.25) is 0 Å². The molecule has 58 valence electrons. The Labute approximate surface area is 75.4 Å². The number of halogens is 1. The van der Waals surface area contributed by atoms with Crippen LogP contribution in [0.3, 0.4) is 0 Å². The molecule has 1 rings (SSSR count). The first-order valence-corrected chi connectivity index (χ1v) is 3.58. The van der Waals surface area contributed by atoms with Crippen molar-refractivity contribution in [2.24, 2.45) is 5.73 Å². The van der Waals surface area contributed by atoms with E-state index in [0.717, 1.165) is 0 Å². The summed E-state index contributed by atoms with van der Waals surface area (Å²) in [6, 6.07) is 0. The van der Waals surface area contributed by atoms with Crippen LogP contribution in [0.2, 0.25) is 0 Å². The molecule has 0 aromatic carbocycles. The third kappa shape index (κ3) is 8.69. The van der Waals surface area contributed by atoms with Crippen LogP contribution in [0.5, 0.6) is 0 Å². The third-order valence-electron chi connectivity index (χ3n) is 1.50. The van der Waals surface area contributed by atoms with Crippen LogP contribution in [-0.4, -0.2) is 7.05 Å². The summed E-state index contributed by atoms with van der Waals surface area (Å²) in [5.74, 6) is 0. The van der Waals surface area contributed by atoms with Crippen LogP contribution in [0.1, 0.15) is 38.5 Å². The smallest absolute Gasteiger partial charge is 0.0195 e. The fourth-order valence-corrected chi connectivity index (χ4v) is 1.06. The standard InChI is InChI=1S/C6H12.CH5N.HI/c1-2-4-6-5-3-1;1-2;/h1-6H2;2H2,1H3;1H. The Morgan fingerprint density at radius 3 is 0.889 bits per heavy atom. The lowest BCUT2D eigenvalue weighted by atomic mass is 10.0. The van der Waals surface area contributed by atoms with Gasteiger partial charge >= 0.3 is 0 Å². The molecule has 0 heterocycles. The highest BCUT2D eigenvalue weighted by Crippen LogP contribution is 2.15. The average molecular weight is 243 g/mol. The van der Waals surface area contributed by atoms with Gasteiger partial charge in [-0.2, -0.15) is 0 Å². The van der Waals surface area contributed by atoms with Crippen LogP contribution in [0.4, 0.5) is 0 Å². The summed E-state index contributed by atoms with van der Waals surface area (Å²) >= 11 is 0. The summed E-state index contributed by atoms with van der Waals surface area (Å²) in [6.07, 6.45) is 9.00. The van der Waals surface area contributed by atoms with Crippen LogP contribution in [-0.2, 0) is 0 Å². The fourth-order valence-electron chi connectivity index (χ4n) is 1.06. The number of hydrogen-bond donors (Lipinski definition) is 1. The van der Waals surface area contributed by atoms with Gasteiger partial charge < -0.3 is 5.73 Å². The number of rotatable bonds is 0. The molecule has 9 heavy (non-hydrogen) atoms. The molecule has 0 aromatic heterocycles. The Hall–Kier alpha value is 0.690. The summed E-state index contributed by atoms with van der Waals surface area (Å²) in [5.41, 5.74) is 4.50. The van der Waals surface area contributed by atoms with Gasteiger partial charge in [0.2, 0.25) is 0 Å². The zero-order valence-corrected chi connectivity index (χ0v) is 8.56. The van der Waals surface area contributed by atoms with Gasteiger partial charge in [0.15, 0.2) is 0 Å². The summed E-state index contributed by atoms with van der Waals surface area (Å²) in [4.78, 5) is 0. The molecule has 0 amide bonds. The summed E-state index contributed by atoms with van der Waals surface area (Å²) in [5, 5.41) is 0. The van der Waals surface area contributed by atoms with Crippen molar-refractivity contribution in [3.05, 3.63) is 0 Å². The number of hydrogen-bond acceptors (Lipinski definition) is 1. The van der Waals surface area contributed by atoms with Gasteiger partial charge in [0.1, 0.15) is 0 Å². The Bertz CT molecular complexity index is 24.4. The summed E-state index contributed by atoms with van der Waals surface area (Å²) < 4.78 is 0. The van der Waals surface area contributed by atoms with Crippen molar-refractivity contribution in [3.8, 4) is 0 Å². The highest BCUT2D eigenvalue weighted by atomic mass is 127. The molecule has 0 unspecified atom stereocenters. The first-order valence-electron chi connectivity index (χ1n) is 3.58. The zero-order chi connectivity index (χ0) is 6.24. The highest BCUT2D eigenvalue weighted by molar-refractivity contribution is 14.0. The van der Waals surface area contributed by atoms with Gasteiger partial charge in [-0.25, -0.2) is 0 Å². The quantitative estimate of drug-likeness (QED) is 0.650. The molecule has 0 atom stereocenters. The lowest BCUT2D eigenvalue weighted by Gasteiger charge is -2.05. The van der Waals surface area contributed by atoms with E-state index in [4.69, 9.17) is 0 Å². The lowest BCUT2D eigenvalue weighted by Crippen LogP contribution is -1.85. The van der Waals surface area contributed by atoms with E-state index in [0.29, 0.717) is 0 Å². The predicted octanol–water partition coefficient (Wildman–Crippen LogP) is 2.53. The van der Waals surface area contributed by atoms with E-state index in [1.165, 1.54) is 45.6 Å². The molecule has 0 spiro atoms. The Morgan fingerprint density at radius 2 is 0.778 bits per heavy atom. The molecule has 1 aliphatic carbocycles. The van der Waals surface area contributed by atoms with Gasteiger partial charge in [-0.1, -0.05) is 38.5 Å². The van der Waals surface area contributed by atoms with Crippen LogP contribution in [0.25, 0.3) is 0 Å². The SMILES string of the molecule is C1CCCCC1.CN.I. The minimum absolute atomic E-state index is 0. The second-order valence-corrected chi connectivity index (χ2v) is 2.12. The second kappa shape index (κ2) is 11.5. The molecule has 1 fully saturated rings. The van der Waals surface area contributed by atoms with Crippen LogP contribution in [0.15, 0.2) is 0 Å². The van der Waals surface area contributed by atoms with Gasteiger partial charge in [0.05, 0.1) is 0 Å². The molecular formula is C7H18IN. The van der Waals surface area contributed by atoms with Crippen molar-refractivity contribution >= 4 is 24.0 Å². The average Bonchev–Trinajstić information content (AvgIpc) is 1.96. The van der Waals surface area contributed by atoms with E-state index in [1.54, 1.807) is 0 Å². The van der Waals surface area contributed by atoms with Crippen molar-refractivity contribution in [2.75, 3.05) is 7.05 Å². The normalized spacial score (nSPS) is 16.7. The van der Waals surface area contributed by atoms with Crippen molar-refractivity contribution in [1.82, 2.24) is 0 Å². The van der Waals surface area contributed by atoms with Crippen molar-refractivity contribution in [3.63, 3.8) is 0 Å². The molecule has 0 saturated heterocycles. The third-order valence-corrected chi connectivity index (χ3v) is 1.50. The van der Waals surface area contributed by atoms with Crippen molar-refractivity contribution in [2.45, 2.75) is 38.5 Å². The van der Waals surface area contributed by atoms with E-state index >= 15 is 0 Å². The zero-order valence-electron chi connectivity index (χ0n) is 6.23. The second-order valence-electron chi connectivity index (χ2n) is 2.12. The Balaban J connectivity index is 0. The molecular weight excluding hydrogens is 225 g/mol. The summed E-state index contributed by atoms with van der Waals surface area (Å²) in [6.45, 7) is 0. The minimum Gasteiger partial charge on any atom is -0.333 e. The van der Waals surface area contributed by atoms with Crippen LogP contribution < -0.4 is 5.73 Å². The van der Waals surface area contributed by atoms with Crippen LogP contribution >= 0.6 is 24.0 Å². The topological polar surface area (TPSA) is 26.0 Å². The van der Waals surface area contributed by atoms with E-state index < -0.39 is 0 Å². The Kier molecular flexibility index (Phi) is 15.8. The Morgan fingerprint density at radius 1 is 0.667 bits per heavy atom. The molecule has 0 aromatic rings. The van der Waals surface area contributed by atoms with E-state index in [1.807, 2.05) is 0 Å². The molecule has 0 radical (unpaired) electrons. The largest absolute Gasteiger partial charge is 0.333 e. The predicted molar refractivity (Wildman–Crippen MR) is 53.2 cm³/mol. The molecule has 2 heteroatoms. The first kappa shape index (κ1) is 12.4. The van der Waals surface area contributed by atoms with Crippen molar-refractivity contribution < 1.29 is 0 Å². The number of nitrogens with two attached hydrogens (primary N) is 1. The van der Waals surface area contributed by atoms with E-state index in [9.17, 15) is 0 Å². The van der Waals surface area contributed by atoms with Crippen LogP contribution in [0, 0.1) is 0 Å². The fraction of sp³-hybridized carbons (Fsp3) is 1.00. The monoisotopic (exact) mass is 243 g/mol. The van der Waals surface area contributed by atoms with Gasteiger partial charge in [-0.05, 0) is 7.05 Å². The molecule has 0 bridgehead atoms. The summed E-state index contributed by atoms with van der Waals surface area (Å²) in [7, 11) is 1.50. The maximum absolute atomic E-state index is 4.50. The molecule has 1 aliphatic rings. The molecule has 0 aliphatic heterocycles. The van der Waals surface area contributed by atoms with Gasteiger partial charge in [0, 0.05) is 0 Å². The first-order chi connectivity index (χ1) is 4.00. The maximum atomic E-state index is 4.50. The molecule has 2 N–H and O–H groups in total. The lowest BCUT2D eigenvalue weighted by molar-refractivity contribution is 0.504. The highest BCUT2D eigenvalue weighted by Gasteiger charge is 1.95. The van der Waals surface area contributed by atoms with E-state index in [-0.39, 0.29) is 24.0 Å². The van der Waals surface area contributed by atoms with Gasteiger partial charge in [0.25, 0.3) is 0 Å². The maximum Gasteiger partial charge on any atom is -0.0195 e. The molecule has 1 saturated carbocycles. The van der Waals surface area contributed by atoms with E-state index in [2.05, 4.69) is 5.73 Å². The van der Waals surface area contributed by atoms with Crippen molar-refractivity contribution in [1.29, 1.82) is 0 Å². The molecule has 1 nitrogen and oxygen atoms in total. The van der Waals surface area contributed by atoms with Gasteiger partial charge in [-0.15, -0.1) is 24.0 Å².